The van der Waals surface area contributed by atoms with Crippen molar-refractivity contribution in [1.82, 2.24) is 4.90 Å². The Morgan fingerprint density at radius 3 is 2.58 bits per heavy atom. The van der Waals surface area contributed by atoms with Gasteiger partial charge < -0.3 is 9.64 Å². The normalized spacial score (nSPS) is 33.4. The van der Waals surface area contributed by atoms with Crippen LogP contribution in [0.2, 0.25) is 0 Å². The molecule has 0 bridgehead atoms. The molecule has 12 aliphatic rings. The molecule has 0 radical (unpaired) electrons. The van der Waals surface area contributed by atoms with E-state index in [9.17, 15) is 0 Å². The number of benzene rings is 2. The molecule has 0 spiro atoms. The average molecular weight is 868 g/mol. The summed E-state index contributed by atoms with van der Waals surface area (Å²) in [4.78, 5) is 2.97. The van der Waals surface area contributed by atoms with Crippen LogP contribution < -0.4 is 4.74 Å². The number of aryl methyl sites for hydroxylation is 1. The summed E-state index contributed by atoms with van der Waals surface area (Å²) in [6, 6.07) is 12.7. The first-order chi connectivity index (χ1) is 32.2. The Morgan fingerprint density at radius 1 is 0.742 bits per heavy atom. The second kappa shape index (κ2) is 14.8. The van der Waals surface area contributed by atoms with Crippen LogP contribution in [0.25, 0.3) is 5.57 Å². The van der Waals surface area contributed by atoms with Gasteiger partial charge in [0, 0.05) is 46.0 Å². The van der Waals surface area contributed by atoms with Gasteiger partial charge in [-0.15, -0.1) is 0 Å². The van der Waals surface area contributed by atoms with Crippen LogP contribution in [0.5, 0.6) is 5.75 Å². The van der Waals surface area contributed by atoms with Gasteiger partial charge in [0.15, 0.2) is 0 Å². The number of ether oxygens (including phenoxy) is 1. The molecule has 1 heterocycles. The molecule has 11 aliphatic carbocycles. The lowest BCUT2D eigenvalue weighted by atomic mass is 9.66. The van der Waals surface area contributed by atoms with Gasteiger partial charge in [-0.3, -0.25) is 0 Å². The number of nitrogens with zero attached hydrogens (tertiary/aromatic N) is 1. The van der Waals surface area contributed by atoms with Gasteiger partial charge in [-0.25, -0.2) is 0 Å². The molecular formula is C64H69NO. The summed E-state index contributed by atoms with van der Waals surface area (Å²) in [6.07, 6.45) is 50.3. The minimum absolute atomic E-state index is 0.0994. The van der Waals surface area contributed by atoms with Crippen LogP contribution in [0.1, 0.15) is 169 Å². The van der Waals surface area contributed by atoms with E-state index in [0.29, 0.717) is 41.7 Å². The molecule has 1 aliphatic heterocycles. The van der Waals surface area contributed by atoms with Crippen LogP contribution in [-0.4, -0.2) is 23.1 Å². The van der Waals surface area contributed by atoms with Crippen molar-refractivity contribution in [3.8, 4) is 5.75 Å². The van der Waals surface area contributed by atoms with Gasteiger partial charge in [-0.2, -0.15) is 0 Å². The number of rotatable bonds is 4. The summed E-state index contributed by atoms with van der Waals surface area (Å²) in [7, 11) is 0. The zero-order valence-electron chi connectivity index (χ0n) is 40.1. The van der Waals surface area contributed by atoms with Gasteiger partial charge in [-0.05, 0) is 193 Å². The molecule has 1 saturated carbocycles. The van der Waals surface area contributed by atoms with E-state index in [-0.39, 0.29) is 16.9 Å². The fraction of sp³-hybridized carbons (Fsp3) is 0.469. The highest BCUT2D eigenvalue weighted by molar-refractivity contribution is 5.79. The van der Waals surface area contributed by atoms with Crippen molar-refractivity contribution in [3.05, 3.63) is 187 Å². The highest BCUT2D eigenvalue weighted by Gasteiger charge is 2.49. The molecule has 2 aromatic rings. The molecule has 336 valence electrons. The first-order valence-corrected chi connectivity index (χ1v) is 26.7. The van der Waals surface area contributed by atoms with E-state index in [1.165, 1.54) is 98.7 Å². The fourth-order valence-corrected chi connectivity index (χ4v) is 16.5. The van der Waals surface area contributed by atoms with E-state index in [2.05, 4.69) is 136 Å². The second-order valence-corrected chi connectivity index (χ2v) is 23.5. The first-order valence-electron chi connectivity index (χ1n) is 26.7. The highest BCUT2D eigenvalue weighted by Crippen LogP contribution is 2.61. The van der Waals surface area contributed by atoms with Crippen molar-refractivity contribution in [2.75, 3.05) is 0 Å². The molecule has 2 heteroatoms. The van der Waals surface area contributed by atoms with E-state index in [0.717, 1.165) is 32.1 Å². The summed E-state index contributed by atoms with van der Waals surface area (Å²) < 4.78 is 7.41. The minimum Gasteiger partial charge on any atom is -0.485 e. The summed E-state index contributed by atoms with van der Waals surface area (Å²) in [5.41, 5.74) is 25.8. The lowest BCUT2D eigenvalue weighted by molar-refractivity contribution is 0.174. The molecule has 14 rings (SSSR count). The highest BCUT2D eigenvalue weighted by atomic mass is 16.5. The van der Waals surface area contributed by atoms with Crippen molar-refractivity contribution in [2.24, 2.45) is 22.7 Å². The Labute approximate surface area is 395 Å². The maximum Gasteiger partial charge on any atom is 0.127 e. The first kappa shape index (κ1) is 40.3. The Hall–Kier alpha value is -4.82. The minimum atomic E-state index is 0.0994. The Bertz CT molecular complexity index is 2850. The van der Waals surface area contributed by atoms with Crippen LogP contribution in [0, 0.1) is 22.7 Å². The molecular weight excluding hydrogens is 799 g/mol. The van der Waals surface area contributed by atoms with Crippen LogP contribution >= 0.6 is 0 Å². The molecule has 2 nitrogen and oxygen atoms in total. The van der Waals surface area contributed by atoms with Crippen molar-refractivity contribution < 1.29 is 4.74 Å². The van der Waals surface area contributed by atoms with E-state index >= 15 is 0 Å². The lowest BCUT2D eigenvalue weighted by Crippen LogP contribution is -2.45. The van der Waals surface area contributed by atoms with Gasteiger partial charge in [0.25, 0.3) is 0 Å². The van der Waals surface area contributed by atoms with Crippen molar-refractivity contribution in [2.45, 2.75) is 166 Å². The second-order valence-electron chi connectivity index (χ2n) is 23.5. The fourth-order valence-electron chi connectivity index (χ4n) is 16.5. The number of allylic oxidation sites excluding steroid dienone is 18. The maximum absolute atomic E-state index is 7.41. The van der Waals surface area contributed by atoms with Gasteiger partial charge in [0.05, 0.1) is 6.04 Å². The van der Waals surface area contributed by atoms with Gasteiger partial charge >= 0.3 is 0 Å². The molecule has 0 amide bonds. The molecule has 2 aromatic carbocycles. The number of fused-ring (bicyclic) bond motifs is 13. The lowest BCUT2D eigenvalue weighted by Gasteiger charge is -2.46. The van der Waals surface area contributed by atoms with Crippen LogP contribution in [0.3, 0.4) is 0 Å². The maximum atomic E-state index is 7.41. The smallest absolute Gasteiger partial charge is 0.127 e. The molecule has 8 unspecified atom stereocenters. The summed E-state index contributed by atoms with van der Waals surface area (Å²) >= 11 is 0. The monoisotopic (exact) mass is 868 g/mol. The molecule has 66 heavy (non-hydrogen) atoms. The van der Waals surface area contributed by atoms with Crippen molar-refractivity contribution >= 4 is 5.57 Å². The predicted molar refractivity (Wildman–Crippen MR) is 271 cm³/mol. The van der Waals surface area contributed by atoms with E-state index in [1.54, 1.807) is 67.0 Å². The van der Waals surface area contributed by atoms with Gasteiger partial charge in [0.1, 0.15) is 11.9 Å². The van der Waals surface area contributed by atoms with Gasteiger partial charge in [0.2, 0.25) is 0 Å². The Kier molecular flexibility index (Phi) is 9.05. The summed E-state index contributed by atoms with van der Waals surface area (Å²) in [5.74, 6) is 3.72. The van der Waals surface area contributed by atoms with Gasteiger partial charge in [-0.1, -0.05) is 130 Å². The zero-order chi connectivity index (χ0) is 44.1. The van der Waals surface area contributed by atoms with Crippen molar-refractivity contribution in [3.63, 3.8) is 0 Å². The van der Waals surface area contributed by atoms with Crippen LogP contribution in [-0.2, 0) is 12.8 Å². The van der Waals surface area contributed by atoms with E-state index in [4.69, 9.17) is 4.74 Å². The topological polar surface area (TPSA) is 12.5 Å². The number of hydrogen-bond donors (Lipinski definition) is 0. The molecule has 0 aromatic heterocycles. The average Bonchev–Trinajstić information content (AvgIpc) is 3.92. The quantitative estimate of drug-likeness (QED) is 0.284. The third-order valence-corrected chi connectivity index (χ3v) is 19.7. The summed E-state index contributed by atoms with van der Waals surface area (Å²) in [5, 5.41) is 0. The largest absolute Gasteiger partial charge is 0.485 e. The van der Waals surface area contributed by atoms with E-state index in [1.807, 2.05) is 0 Å². The number of hydrogen-bond acceptors (Lipinski definition) is 2. The molecule has 0 saturated heterocycles. The molecule has 0 N–H and O–H groups in total. The third kappa shape index (κ3) is 5.78. The SMILES string of the molecule is CC1(C)C2=C(C=CCC2)C2=C1CC(N(C1=CC3=C(CC1)c1ccccc1C1CCC=CC31)C1C=CC3Oc4c(cc5c(c4C4C=C6C(=CC4)C4=CCCCC4C6(C)C)CCCC5)C3C1)C=C2. The predicted octanol–water partition coefficient (Wildman–Crippen LogP) is 15.7. The van der Waals surface area contributed by atoms with E-state index < -0.39 is 0 Å². The summed E-state index contributed by atoms with van der Waals surface area (Å²) in [6.45, 7) is 10.2. The van der Waals surface area contributed by atoms with Crippen LogP contribution in [0.4, 0.5) is 0 Å². The standard InChI is InChI=1S/C64H69NO/c1-63(2)56-23-13-11-21-49(56)51-29-25-39(34-58(51)63)61-43-16-6-5-15-38(43)33-55-54-36-41(28-32-60(54)66-62(55)61)65(42-27-31-52-50-22-12-14-24-57(50)64(3,4)59(52)37-42)40-26-30-48-46-19-8-7-17-44(46)45-18-9-10-20-47(45)53(48)35-40/h7-8,10,12,17,19-22,27-29,31-35,39,41-42,45,47,54,56,60H,5-6,9,11,13-16,18,23-26,30,36-37H2,1-4H3. The molecule has 8 atom stereocenters. The third-order valence-electron chi connectivity index (χ3n) is 19.7. The Morgan fingerprint density at radius 2 is 1.64 bits per heavy atom. The molecule has 1 fully saturated rings. The van der Waals surface area contributed by atoms with Crippen LogP contribution in [0.15, 0.2) is 154 Å². The zero-order valence-corrected chi connectivity index (χ0v) is 40.1. The van der Waals surface area contributed by atoms with Crippen molar-refractivity contribution in [1.29, 1.82) is 0 Å². The Balaban J connectivity index is 0.858.